The quantitative estimate of drug-likeness (QED) is 0.806. The molecule has 1 aliphatic carbocycles. The SMILES string of the molecule is NC(=O)c1ccc(OC(=O)N2CCN(C3CCC3)CC2C2CCNCC2)cn1. The zero-order valence-corrected chi connectivity index (χ0v) is 16.2. The van der Waals surface area contributed by atoms with E-state index < -0.39 is 5.91 Å². The summed E-state index contributed by atoms with van der Waals surface area (Å²) in [6.45, 7) is 4.54. The highest BCUT2D eigenvalue weighted by Crippen LogP contribution is 2.31. The van der Waals surface area contributed by atoms with Crippen LogP contribution in [0, 0.1) is 5.92 Å². The third-order valence-corrected chi connectivity index (χ3v) is 6.40. The number of hydrogen-bond donors (Lipinski definition) is 2. The third-order valence-electron chi connectivity index (χ3n) is 6.40. The van der Waals surface area contributed by atoms with Crippen molar-refractivity contribution >= 4 is 12.0 Å². The van der Waals surface area contributed by atoms with Crippen molar-refractivity contribution in [3.8, 4) is 5.75 Å². The monoisotopic (exact) mass is 387 g/mol. The summed E-state index contributed by atoms with van der Waals surface area (Å²) in [6, 6.07) is 3.91. The van der Waals surface area contributed by atoms with E-state index in [1.807, 2.05) is 4.90 Å². The van der Waals surface area contributed by atoms with E-state index >= 15 is 0 Å². The Kier molecular flexibility index (Phi) is 5.77. The van der Waals surface area contributed by atoms with Gasteiger partial charge in [-0.05, 0) is 56.8 Å². The topological polar surface area (TPSA) is 101 Å². The molecular weight excluding hydrogens is 358 g/mol. The van der Waals surface area contributed by atoms with Crippen LogP contribution < -0.4 is 15.8 Å². The van der Waals surface area contributed by atoms with E-state index in [-0.39, 0.29) is 17.8 Å². The number of carbonyl (C=O) groups excluding carboxylic acids is 2. The van der Waals surface area contributed by atoms with Gasteiger partial charge in [0.25, 0.3) is 5.91 Å². The largest absolute Gasteiger partial charge is 0.415 e. The fraction of sp³-hybridized carbons (Fsp3) is 0.650. The summed E-state index contributed by atoms with van der Waals surface area (Å²) >= 11 is 0. The molecule has 1 unspecified atom stereocenters. The predicted octanol–water partition coefficient (Wildman–Crippen LogP) is 1.22. The second-order valence-corrected chi connectivity index (χ2v) is 8.04. The fourth-order valence-corrected chi connectivity index (χ4v) is 4.52. The van der Waals surface area contributed by atoms with Crippen molar-refractivity contribution in [1.82, 2.24) is 20.1 Å². The first-order valence-corrected chi connectivity index (χ1v) is 10.3. The highest BCUT2D eigenvalue weighted by Gasteiger charge is 2.40. The zero-order valence-electron chi connectivity index (χ0n) is 16.2. The summed E-state index contributed by atoms with van der Waals surface area (Å²) < 4.78 is 5.58. The molecule has 3 fully saturated rings. The molecule has 4 rings (SSSR count). The number of amides is 2. The third kappa shape index (κ3) is 4.12. The van der Waals surface area contributed by atoms with Gasteiger partial charge in [-0.25, -0.2) is 9.78 Å². The van der Waals surface area contributed by atoms with Crippen LogP contribution >= 0.6 is 0 Å². The molecule has 28 heavy (non-hydrogen) atoms. The smallest absolute Gasteiger partial charge is 0.409 e. The molecule has 0 aromatic carbocycles. The lowest BCUT2D eigenvalue weighted by atomic mass is 9.85. The van der Waals surface area contributed by atoms with Gasteiger partial charge >= 0.3 is 6.09 Å². The van der Waals surface area contributed by atoms with E-state index in [0.717, 1.165) is 39.0 Å². The molecule has 0 radical (unpaired) electrons. The Balaban J connectivity index is 1.45. The lowest BCUT2D eigenvalue weighted by Crippen LogP contribution is -2.62. The van der Waals surface area contributed by atoms with Crippen LogP contribution in [-0.2, 0) is 0 Å². The number of nitrogens with one attached hydrogen (secondary N) is 1. The van der Waals surface area contributed by atoms with Gasteiger partial charge in [0.15, 0.2) is 5.75 Å². The molecule has 1 saturated carbocycles. The molecule has 2 amide bonds. The molecule has 8 heteroatoms. The summed E-state index contributed by atoms with van der Waals surface area (Å²) in [5.74, 6) is 0.225. The molecule has 8 nitrogen and oxygen atoms in total. The summed E-state index contributed by atoms with van der Waals surface area (Å²) in [4.78, 5) is 32.5. The number of piperidine rings is 1. The number of carbonyl (C=O) groups is 2. The van der Waals surface area contributed by atoms with Crippen LogP contribution in [0.2, 0.25) is 0 Å². The number of rotatable bonds is 4. The maximum Gasteiger partial charge on any atom is 0.415 e. The van der Waals surface area contributed by atoms with Gasteiger partial charge < -0.3 is 20.7 Å². The van der Waals surface area contributed by atoms with Gasteiger partial charge in [-0.2, -0.15) is 0 Å². The molecule has 3 heterocycles. The summed E-state index contributed by atoms with van der Waals surface area (Å²) in [5.41, 5.74) is 5.36. The number of aromatic nitrogens is 1. The van der Waals surface area contributed by atoms with Crippen LogP contribution in [0.3, 0.4) is 0 Å². The van der Waals surface area contributed by atoms with Crippen LogP contribution in [0.4, 0.5) is 4.79 Å². The lowest BCUT2D eigenvalue weighted by Gasteiger charge is -2.49. The van der Waals surface area contributed by atoms with Crippen molar-refractivity contribution in [2.75, 3.05) is 32.7 Å². The number of nitrogens with two attached hydrogens (primary N) is 1. The maximum absolute atomic E-state index is 12.9. The first-order chi connectivity index (χ1) is 13.6. The molecule has 152 valence electrons. The molecule has 1 aromatic heterocycles. The molecule has 1 aromatic rings. The van der Waals surface area contributed by atoms with Crippen molar-refractivity contribution in [2.24, 2.45) is 11.7 Å². The average Bonchev–Trinajstić information content (AvgIpc) is 2.67. The van der Waals surface area contributed by atoms with Crippen LogP contribution in [0.1, 0.15) is 42.6 Å². The highest BCUT2D eigenvalue weighted by molar-refractivity contribution is 5.90. The lowest BCUT2D eigenvalue weighted by molar-refractivity contribution is 0.00476. The molecule has 3 N–H and O–H groups in total. The fourth-order valence-electron chi connectivity index (χ4n) is 4.52. The van der Waals surface area contributed by atoms with Gasteiger partial charge in [0.1, 0.15) is 5.69 Å². The van der Waals surface area contributed by atoms with Gasteiger partial charge in [0.05, 0.1) is 12.2 Å². The standard InChI is InChI=1S/C20H29N5O3/c21-19(26)17-5-4-16(12-23-17)28-20(27)25-11-10-24(15-2-1-3-15)13-18(25)14-6-8-22-9-7-14/h4-5,12,14-15,18,22H,1-3,6-11,13H2,(H2,21,26). The molecular formula is C20H29N5O3. The summed E-state index contributed by atoms with van der Waals surface area (Å²) in [5, 5.41) is 3.41. The van der Waals surface area contributed by atoms with Crippen LogP contribution in [0.15, 0.2) is 18.3 Å². The average molecular weight is 387 g/mol. The van der Waals surface area contributed by atoms with E-state index in [0.29, 0.717) is 24.3 Å². The minimum Gasteiger partial charge on any atom is -0.409 e. The minimum atomic E-state index is -0.601. The number of ether oxygens (including phenoxy) is 1. The van der Waals surface area contributed by atoms with E-state index in [1.165, 1.54) is 31.5 Å². The normalized spacial score (nSPS) is 24.6. The van der Waals surface area contributed by atoms with Crippen LogP contribution in [0.5, 0.6) is 5.75 Å². The summed E-state index contributed by atoms with van der Waals surface area (Å²) in [7, 11) is 0. The van der Waals surface area contributed by atoms with Crippen LogP contribution in [0.25, 0.3) is 0 Å². The first-order valence-electron chi connectivity index (χ1n) is 10.3. The zero-order chi connectivity index (χ0) is 19.5. The number of nitrogens with zero attached hydrogens (tertiary/aromatic N) is 3. The van der Waals surface area contributed by atoms with Gasteiger partial charge in [-0.3, -0.25) is 9.69 Å². The van der Waals surface area contributed by atoms with Gasteiger partial charge in [0, 0.05) is 25.7 Å². The molecule has 3 aliphatic rings. The highest BCUT2D eigenvalue weighted by atomic mass is 16.6. The number of pyridine rings is 1. The Labute approximate surface area is 165 Å². The Hall–Kier alpha value is -2.19. The Morgan fingerprint density at radius 1 is 1.14 bits per heavy atom. The number of piperazine rings is 1. The Bertz CT molecular complexity index is 700. The second kappa shape index (κ2) is 8.45. The minimum absolute atomic E-state index is 0.154. The first kappa shape index (κ1) is 19.1. The predicted molar refractivity (Wildman–Crippen MR) is 104 cm³/mol. The van der Waals surface area contributed by atoms with Crippen molar-refractivity contribution < 1.29 is 14.3 Å². The summed E-state index contributed by atoms with van der Waals surface area (Å²) in [6.07, 6.45) is 7.10. The molecule has 2 saturated heterocycles. The second-order valence-electron chi connectivity index (χ2n) is 8.04. The van der Waals surface area contributed by atoms with Crippen LogP contribution in [-0.4, -0.2) is 71.6 Å². The Morgan fingerprint density at radius 3 is 2.54 bits per heavy atom. The van der Waals surface area contributed by atoms with Gasteiger partial charge in [0.2, 0.25) is 0 Å². The van der Waals surface area contributed by atoms with E-state index in [4.69, 9.17) is 10.5 Å². The van der Waals surface area contributed by atoms with Crippen molar-refractivity contribution in [1.29, 1.82) is 0 Å². The molecule has 1 atom stereocenters. The van der Waals surface area contributed by atoms with Crippen molar-refractivity contribution in [3.05, 3.63) is 24.0 Å². The van der Waals surface area contributed by atoms with Gasteiger partial charge in [-0.1, -0.05) is 6.42 Å². The number of hydrogen-bond acceptors (Lipinski definition) is 6. The number of primary amides is 1. The van der Waals surface area contributed by atoms with Crippen molar-refractivity contribution in [2.45, 2.75) is 44.2 Å². The van der Waals surface area contributed by atoms with E-state index in [2.05, 4.69) is 15.2 Å². The molecule has 2 aliphatic heterocycles. The molecule has 0 bridgehead atoms. The van der Waals surface area contributed by atoms with E-state index in [9.17, 15) is 9.59 Å². The molecule has 0 spiro atoms. The van der Waals surface area contributed by atoms with Crippen molar-refractivity contribution in [3.63, 3.8) is 0 Å². The Morgan fingerprint density at radius 2 is 1.93 bits per heavy atom. The maximum atomic E-state index is 12.9. The van der Waals surface area contributed by atoms with E-state index in [1.54, 1.807) is 6.07 Å². The van der Waals surface area contributed by atoms with Gasteiger partial charge in [-0.15, -0.1) is 0 Å².